The molecule has 4 rings (SSSR count). The highest BCUT2D eigenvalue weighted by molar-refractivity contribution is 7.91. The Kier molecular flexibility index (Phi) is 5.47. The number of para-hydroxylation sites is 1. The van der Waals surface area contributed by atoms with Gasteiger partial charge in [-0.05, 0) is 43.2 Å². The van der Waals surface area contributed by atoms with E-state index in [1.165, 1.54) is 43.3 Å². The monoisotopic (exact) mass is 467 g/mol. The number of rotatable bonds is 4. The number of carbonyl (C=O) groups is 2. The van der Waals surface area contributed by atoms with Gasteiger partial charge in [-0.15, -0.1) is 0 Å². The first-order valence-electron chi connectivity index (χ1n) is 9.88. The van der Waals surface area contributed by atoms with Crippen LogP contribution < -0.4 is 0 Å². The summed E-state index contributed by atoms with van der Waals surface area (Å²) in [6.07, 6.45) is 1.45. The Balaban J connectivity index is 1.76. The molecule has 0 saturated carbocycles. The maximum atomic E-state index is 13.2. The van der Waals surface area contributed by atoms with Gasteiger partial charge in [0, 0.05) is 11.6 Å². The minimum Gasteiger partial charge on any atom is -0.456 e. The summed E-state index contributed by atoms with van der Waals surface area (Å²) in [7, 11) is -3.38. The van der Waals surface area contributed by atoms with E-state index in [4.69, 9.17) is 4.42 Å². The van der Waals surface area contributed by atoms with Crippen molar-refractivity contribution in [1.82, 2.24) is 4.90 Å². The summed E-state index contributed by atoms with van der Waals surface area (Å²) in [5, 5.41) is 20.8. The Morgan fingerprint density at radius 1 is 1.21 bits per heavy atom. The smallest absolute Gasteiger partial charge is 0.280 e. The van der Waals surface area contributed by atoms with Gasteiger partial charge in [0.2, 0.25) is 0 Å². The lowest BCUT2D eigenvalue weighted by Crippen LogP contribution is -2.49. The van der Waals surface area contributed by atoms with Gasteiger partial charge in [-0.2, -0.15) is 5.26 Å². The van der Waals surface area contributed by atoms with E-state index in [2.05, 4.69) is 0 Å². The van der Waals surface area contributed by atoms with E-state index in [-0.39, 0.29) is 57.4 Å². The third kappa shape index (κ3) is 3.96. The van der Waals surface area contributed by atoms with Gasteiger partial charge in [0.1, 0.15) is 23.2 Å². The number of imide groups is 1. The molecule has 3 heterocycles. The van der Waals surface area contributed by atoms with Crippen molar-refractivity contribution in [3.63, 3.8) is 0 Å². The molecule has 0 radical (unpaired) electrons. The zero-order valence-electron chi connectivity index (χ0n) is 17.3. The molecule has 1 saturated heterocycles. The predicted molar refractivity (Wildman–Crippen MR) is 116 cm³/mol. The molecule has 1 aromatic heterocycles. The number of nitriles is 1. The molecule has 168 valence electrons. The zero-order chi connectivity index (χ0) is 23.9. The Hall–Kier alpha value is -4.04. The highest BCUT2D eigenvalue weighted by atomic mass is 32.2. The molecule has 10 nitrogen and oxygen atoms in total. The second kappa shape index (κ2) is 8.14. The van der Waals surface area contributed by atoms with Crippen molar-refractivity contribution in [1.29, 1.82) is 5.26 Å². The topological polar surface area (TPSA) is 152 Å². The fourth-order valence-electron chi connectivity index (χ4n) is 3.97. The molecule has 1 fully saturated rings. The molecular weight excluding hydrogens is 450 g/mol. The van der Waals surface area contributed by atoms with Crippen LogP contribution in [0.4, 0.5) is 5.69 Å². The van der Waals surface area contributed by atoms with Gasteiger partial charge in [-0.1, -0.05) is 12.1 Å². The van der Waals surface area contributed by atoms with Crippen molar-refractivity contribution in [2.75, 3.05) is 11.5 Å². The molecule has 1 atom stereocenters. The van der Waals surface area contributed by atoms with E-state index >= 15 is 0 Å². The van der Waals surface area contributed by atoms with E-state index in [0.29, 0.717) is 0 Å². The van der Waals surface area contributed by atoms with Crippen molar-refractivity contribution >= 4 is 33.4 Å². The second-order valence-electron chi connectivity index (χ2n) is 7.68. The molecule has 2 aliphatic heterocycles. The van der Waals surface area contributed by atoms with Crippen molar-refractivity contribution in [3.05, 3.63) is 69.0 Å². The summed E-state index contributed by atoms with van der Waals surface area (Å²) in [6.45, 7) is 1.45. The van der Waals surface area contributed by atoms with E-state index in [9.17, 15) is 33.4 Å². The first-order chi connectivity index (χ1) is 15.6. The van der Waals surface area contributed by atoms with Crippen LogP contribution in [0, 0.1) is 21.4 Å². The fraction of sp³-hybridized carbons (Fsp3) is 0.227. The largest absolute Gasteiger partial charge is 0.456 e. The van der Waals surface area contributed by atoms with Gasteiger partial charge < -0.3 is 4.42 Å². The standard InChI is InChI=1S/C22H17N3O7S/c1-13-17(10-15-6-7-20(32-15)16-4-2-3-5-19(16)25(28)29)21(26)24(22(27)18(13)11-23)14-8-9-33(30,31)12-14/h2-7,10,14H,8-9,12H2,1H3. The Morgan fingerprint density at radius 3 is 2.58 bits per heavy atom. The van der Waals surface area contributed by atoms with Gasteiger partial charge in [0.15, 0.2) is 9.84 Å². The number of benzene rings is 1. The minimum absolute atomic E-state index is 0.0129. The van der Waals surface area contributed by atoms with Crippen LogP contribution in [-0.4, -0.2) is 47.6 Å². The van der Waals surface area contributed by atoms with Crippen LogP contribution in [0.25, 0.3) is 17.4 Å². The molecule has 1 unspecified atom stereocenters. The molecule has 0 N–H and O–H groups in total. The first kappa shape index (κ1) is 22.2. The summed E-state index contributed by atoms with van der Waals surface area (Å²) < 4.78 is 29.5. The van der Waals surface area contributed by atoms with Crippen LogP contribution in [0.15, 0.2) is 57.5 Å². The number of sulfone groups is 1. The molecule has 2 aromatic rings. The lowest BCUT2D eigenvalue weighted by Gasteiger charge is -2.31. The van der Waals surface area contributed by atoms with E-state index in [1.807, 2.05) is 0 Å². The number of furan rings is 1. The summed E-state index contributed by atoms with van der Waals surface area (Å²) in [5.41, 5.74) is 0.00435. The van der Waals surface area contributed by atoms with Gasteiger partial charge in [0.05, 0.1) is 28.0 Å². The van der Waals surface area contributed by atoms with E-state index < -0.39 is 32.6 Å². The summed E-state index contributed by atoms with van der Waals surface area (Å²) in [6, 6.07) is 9.99. The Labute approximate surface area is 188 Å². The van der Waals surface area contributed by atoms with Crippen LogP contribution in [0.2, 0.25) is 0 Å². The molecule has 0 aliphatic carbocycles. The molecular formula is C22H17N3O7S. The number of hydrogen-bond acceptors (Lipinski definition) is 8. The number of amides is 2. The van der Waals surface area contributed by atoms with E-state index in [0.717, 1.165) is 4.90 Å². The molecule has 33 heavy (non-hydrogen) atoms. The number of carbonyl (C=O) groups excluding carboxylic acids is 2. The molecule has 0 bridgehead atoms. The average molecular weight is 467 g/mol. The van der Waals surface area contributed by atoms with Gasteiger partial charge >= 0.3 is 0 Å². The lowest BCUT2D eigenvalue weighted by atomic mass is 9.93. The number of hydrogen-bond donors (Lipinski definition) is 0. The lowest BCUT2D eigenvalue weighted by molar-refractivity contribution is -0.384. The average Bonchev–Trinajstić information content (AvgIpc) is 3.37. The zero-order valence-corrected chi connectivity index (χ0v) is 18.2. The van der Waals surface area contributed by atoms with Crippen LogP contribution >= 0.6 is 0 Å². The Bertz CT molecular complexity index is 1410. The predicted octanol–water partition coefficient (Wildman–Crippen LogP) is 2.63. The quantitative estimate of drug-likeness (QED) is 0.288. The van der Waals surface area contributed by atoms with Crippen LogP contribution in [-0.2, 0) is 19.4 Å². The summed E-state index contributed by atoms with van der Waals surface area (Å²) in [5.74, 6) is -1.65. The number of nitro groups is 1. The van der Waals surface area contributed by atoms with Crippen LogP contribution in [0.5, 0.6) is 0 Å². The van der Waals surface area contributed by atoms with Gasteiger partial charge in [0.25, 0.3) is 17.5 Å². The third-order valence-corrected chi connectivity index (χ3v) is 7.38. The molecule has 2 aliphatic rings. The maximum Gasteiger partial charge on any atom is 0.280 e. The fourth-order valence-corrected chi connectivity index (χ4v) is 5.67. The SMILES string of the molecule is CC1=C(C#N)C(=O)N(C2CCS(=O)(=O)C2)C(=O)C1=Cc1ccc(-c2ccccc2[N+](=O)[O-])o1. The summed E-state index contributed by atoms with van der Waals surface area (Å²) >= 11 is 0. The van der Waals surface area contributed by atoms with Gasteiger partial charge in [-0.3, -0.25) is 24.6 Å². The van der Waals surface area contributed by atoms with Crippen LogP contribution in [0.1, 0.15) is 19.1 Å². The molecule has 1 aromatic carbocycles. The first-order valence-corrected chi connectivity index (χ1v) is 11.7. The highest BCUT2D eigenvalue weighted by Crippen LogP contribution is 2.34. The van der Waals surface area contributed by atoms with E-state index in [1.54, 1.807) is 12.1 Å². The normalized spacial score (nSPS) is 21.5. The second-order valence-corrected chi connectivity index (χ2v) is 9.91. The Morgan fingerprint density at radius 2 is 1.94 bits per heavy atom. The highest BCUT2D eigenvalue weighted by Gasteiger charge is 2.43. The molecule has 11 heteroatoms. The molecule has 2 amide bonds. The summed E-state index contributed by atoms with van der Waals surface area (Å²) in [4.78, 5) is 37.6. The maximum absolute atomic E-state index is 13.2. The third-order valence-electron chi connectivity index (χ3n) is 5.63. The number of nitrogens with zero attached hydrogens (tertiary/aromatic N) is 3. The van der Waals surface area contributed by atoms with Crippen LogP contribution in [0.3, 0.4) is 0 Å². The molecule has 0 spiro atoms. The minimum atomic E-state index is -3.38. The van der Waals surface area contributed by atoms with Gasteiger partial charge in [-0.25, -0.2) is 8.42 Å². The van der Waals surface area contributed by atoms with Crippen molar-refractivity contribution in [2.45, 2.75) is 19.4 Å². The van der Waals surface area contributed by atoms with Crippen molar-refractivity contribution in [3.8, 4) is 17.4 Å². The number of nitro benzene ring substituents is 1. The van der Waals surface area contributed by atoms with Crippen molar-refractivity contribution < 1.29 is 27.3 Å². The van der Waals surface area contributed by atoms with Crippen molar-refractivity contribution in [2.24, 2.45) is 0 Å².